The lowest BCUT2D eigenvalue weighted by Gasteiger charge is -2.11. The summed E-state index contributed by atoms with van der Waals surface area (Å²) in [7, 11) is 0. The molecule has 1 fully saturated rings. The third-order valence-electron chi connectivity index (χ3n) is 4.71. The van der Waals surface area contributed by atoms with Crippen LogP contribution < -0.4 is 5.32 Å². The SMILES string of the molecule is O=C(Nc1nc2[nH]nc(-n3cncc3-c3cc(C(F)(F)F)ccc3Cl)c2s1)C1CC1. The summed E-state index contributed by atoms with van der Waals surface area (Å²) in [4.78, 5) is 20.4. The summed E-state index contributed by atoms with van der Waals surface area (Å²) in [5, 5.41) is 10.4. The van der Waals surface area contributed by atoms with E-state index < -0.39 is 11.7 Å². The third-order valence-corrected chi connectivity index (χ3v) is 6.01. The van der Waals surface area contributed by atoms with Crippen LogP contribution >= 0.6 is 22.9 Å². The molecule has 0 spiro atoms. The van der Waals surface area contributed by atoms with Gasteiger partial charge >= 0.3 is 6.18 Å². The topological polar surface area (TPSA) is 88.5 Å². The maximum Gasteiger partial charge on any atom is 0.416 e. The van der Waals surface area contributed by atoms with Gasteiger partial charge in [-0.05, 0) is 31.0 Å². The Labute approximate surface area is 175 Å². The molecule has 3 heterocycles. The first-order chi connectivity index (χ1) is 14.3. The molecule has 0 saturated heterocycles. The Balaban J connectivity index is 1.56. The summed E-state index contributed by atoms with van der Waals surface area (Å²) in [6.07, 6.45) is 0.0919. The van der Waals surface area contributed by atoms with Crippen LogP contribution in [-0.2, 0) is 11.0 Å². The van der Waals surface area contributed by atoms with Gasteiger partial charge in [0.15, 0.2) is 16.6 Å². The van der Waals surface area contributed by atoms with Gasteiger partial charge in [0, 0.05) is 16.5 Å². The Morgan fingerprint density at radius 1 is 1.33 bits per heavy atom. The maximum atomic E-state index is 13.2. The number of hydrogen-bond acceptors (Lipinski definition) is 5. The van der Waals surface area contributed by atoms with Crippen molar-refractivity contribution in [3.63, 3.8) is 0 Å². The van der Waals surface area contributed by atoms with E-state index in [2.05, 4.69) is 25.5 Å². The predicted molar refractivity (Wildman–Crippen MR) is 106 cm³/mol. The van der Waals surface area contributed by atoms with Gasteiger partial charge in [0.1, 0.15) is 11.0 Å². The molecule has 1 amide bonds. The van der Waals surface area contributed by atoms with E-state index in [1.807, 2.05) is 0 Å². The number of hydrogen-bond donors (Lipinski definition) is 2. The lowest BCUT2D eigenvalue weighted by atomic mass is 10.1. The van der Waals surface area contributed by atoms with Crippen LogP contribution in [0, 0.1) is 5.92 Å². The molecule has 5 rings (SSSR count). The standard InChI is InChI=1S/C18H12ClF3N6OS/c19-11-4-3-9(18(20,21)22)5-10(11)12-6-23-7-28(12)15-13-14(26-27-15)24-17(30-13)25-16(29)8-1-2-8/h3-8H,1-2H2,(H2,24,25,26,27,29). The fourth-order valence-corrected chi connectivity index (χ4v) is 4.15. The number of nitrogens with one attached hydrogen (secondary N) is 2. The zero-order valence-electron chi connectivity index (χ0n) is 15.0. The van der Waals surface area contributed by atoms with Crippen LogP contribution in [0.25, 0.3) is 27.4 Å². The molecule has 3 aromatic heterocycles. The number of aromatic nitrogens is 5. The minimum absolute atomic E-state index is 0.0353. The number of benzene rings is 1. The number of alkyl halides is 3. The minimum Gasteiger partial charge on any atom is -0.302 e. The normalized spacial score (nSPS) is 14.4. The van der Waals surface area contributed by atoms with Gasteiger partial charge in [-0.15, -0.1) is 0 Å². The van der Waals surface area contributed by atoms with E-state index in [1.165, 1.54) is 34.5 Å². The number of carbonyl (C=O) groups excluding carboxylic acids is 1. The van der Waals surface area contributed by atoms with Crippen molar-refractivity contribution in [2.75, 3.05) is 5.32 Å². The van der Waals surface area contributed by atoms with Gasteiger partial charge in [0.2, 0.25) is 5.91 Å². The van der Waals surface area contributed by atoms with Crippen LogP contribution in [0.2, 0.25) is 5.02 Å². The molecule has 0 bridgehead atoms. The van der Waals surface area contributed by atoms with Crippen molar-refractivity contribution < 1.29 is 18.0 Å². The molecule has 4 aromatic rings. The predicted octanol–water partition coefficient (Wildman–Crippen LogP) is 4.89. The zero-order valence-corrected chi connectivity index (χ0v) is 16.6. The van der Waals surface area contributed by atoms with Crippen LogP contribution in [0.5, 0.6) is 0 Å². The van der Waals surface area contributed by atoms with Gasteiger partial charge in [0.05, 0.1) is 17.5 Å². The second-order valence-corrected chi connectivity index (χ2v) is 8.26. The van der Waals surface area contributed by atoms with Crippen molar-refractivity contribution in [1.29, 1.82) is 0 Å². The number of aromatic amines is 1. The van der Waals surface area contributed by atoms with Crippen molar-refractivity contribution in [3.8, 4) is 17.1 Å². The molecule has 1 aromatic carbocycles. The van der Waals surface area contributed by atoms with E-state index in [4.69, 9.17) is 11.6 Å². The smallest absolute Gasteiger partial charge is 0.302 e. The summed E-state index contributed by atoms with van der Waals surface area (Å²) < 4.78 is 41.7. The number of thiazole rings is 1. The molecule has 7 nitrogen and oxygen atoms in total. The molecule has 0 radical (unpaired) electrons. The Kier molecular flexibility index (Phi) is 4.33. The van der Waals surface area contributed by atoms with Crippen LogP contribution in [0.3, 0.4) is 0 Å². The van der Waals surface area contributed by atoms with Gasteiger partial charge < -0.3 is 5.32 Å². The van der Waals surface area contributed by atoms with Crippen molar-refractivity contribution >= 4 is 44.3 Å². The molecule has 154 valence electrons. The molecule has 30 heavy (non-hydrogen) atoms. The first-order valence-electron chi connectivity index (χ1n) is 8.87. The first-order valence-corrected chi connectivity index (χ1v) is 10.1. The maximum absolute atomic E-state index is 13.2. The van der Waals surface area contributed by atoms with E-state index in [-0.39, 0.29) is 22.4 Å². The third kappa shape index (κ3) is 3.33. The highest BCUT2D eigenvalue weighted by Crippen LogP contribution is 2.38. The van der Waals surface area contributed by atoms with Gasteiger partial charge in [-0.25, -0.2) is 9.97 Å². The Bertz CT molecular complexity index is 1270. The highest BCUT2D eigenvalue weighted by atomic mass is 35.5. The molecule has 1 aliphatic carbocycles. The number of imidazole rings is 1. The Hall–Kier alpha value is -2.92. The molecular formula is C18H12ClF3N6OS. The molecule has 1 aliphatic rings. The fraction of sp³-hybridized carbons (Fsp3) is 0.222. The number of H-pyrrole nitrogens is 1. The average Bonchev–Trinajstić information content (AvgIpc) is 3.12. The largest absolute Gasteiger partial charge is 0.416 e. The molecule has 12 heteroatoms. The highest BCUT2D eigenvalue weighted by Gasteiger charge is 2.32. The summed E-state index contributed by atoms with van der Waals surface area (Å²) in [5.74, 6) is 0.364. The van der Waals surface area contributed by atoms with Gasteiger partial charge in [-0.1, -0.05) is 22.9 Å². The molecule has 0 aliphatic heterocycles. The van der Waals surface area contributed by atoms with Crippen molar-refractivity contribution in [1.82, 2.24) is 24.7 Å². The molecular weight excluding hydrogens is 441 g/mol. The Morgan fingerprint density at radius 3 is 2.87 bits per heavy atom. The highest BCUT2D eigenvalue weighted by molar-refractivity contribution is 7.22. The zero-order chi connectivity index (χ0) is 21.0. The van der Waals surface area contributed by atoms with Crippen LogP contribution in [0.15, 0.2) is 30.7 Å². The van der Waals surface area contributed by atoms with Gasteiger partial charge in [0.25, 0.3) is 0 Å². The summed E-state index contributed by atoms with van der Waals surface area (Å²) in [6, 6.07) is 3.11. The Morgan fingerprint density at radius 2 is 2.13 bits per heavy atom. The van der Waals surface area contributed by atoms with Crippen molar-refractivity contribution in [2.24, 2.45) is 5.92 Å². The second kappa shape index (κ2) is 6.81. The average molecular weight is 453 g/mol. The number of fused-ring (bicyclic) bond motifs is 1. The molecule has 1 saturated carbocycles. The van der Waals surface area contributed by atoms with E-state index in [9.17, 15) is 18.0 Å². The number of halogens is 4. The van der Waals surface area contributed by atoms with Gasteiger partial charge in [-0.2, -0.15) is 18.3 Å². The molecule has 0 unspecified atom stereocenters. The number of rotatable bonds is 4. The second-order valence-electron chi connectivity index (χ2n) is 6.85. The van der Waals surface area contributed by atoms with Crippen LogP contribution in [-0.4, -0.2) is 30.6 Å². The number of nitrogens with zero attached hydrogens (tertiary/aromatic N) is 4. The monoisotopic (exact) mass is 452 g/mol. The molecule has 0 atom stereocenters. The fourth-order valence-electron chi connectivity index (χ4n) is 3.03. The van der Waals surface area contributed by atoms with Gasteiger partial charge in [-0.3, -0.25) is 14.5 Å². The minimum atomic E-state index is -4.50. The quantitative estimate of drug-likeness (QED) is 0.461. The van der Waals surface area contributed by atoms with Crippen molar-refractivity contribution in [3.05, 3.63) is 41.3 Å². The van der Waals surface area contributed by atoms with Crippen molar-refractivity contribution in [2.45, 2.75) is 19.0 Å². The molecule has 2 N–H and O–H groups in total. The number of carbonyl (C=O) groups is 1. The summed E-state index contributed by atoms with van der Waals surface area (Å²) in [6.45, 7) is 0. The summed E-state index contributed by atoms with van der Waals surface area (Å²) in [5.41, 5.74) is 0.156. The van der Waals surface area contributed by atoms with E-state index in [1.54, 1.807) is 0 Å². The lowest BCUT2D eigenvalue weighted by Crippen LogP contribution is -2.12. The summed E-state index contributed by atoms with van der Waals surface area (Å²) >= 11 is 7.41. The lowest BCUT2D eigenvalue weighted by molar-refractivity contribution is -0.137. The van der Waals surface area contributed by atoms with Crippen LogP contribution in [0.4, 0.5) is 18.3 Å². The number of anilines is 1. The van der Waals surface area contributed by atoms with Crippen LogP contribution in [0.1, 0.15) is 18.4 Å². The van der Waals surface area contributed by atoms with E-state index in [0.717, 1.165) is 25.0 Å². The van der Waals surface area contributed by atoms with E-state index >= 15 is 0 Å². The first kappa shape index (κ1) is 19.1. The van der Waals surface area contributed by atoms with E-state index in [0.29, 0.717) is 27.0 Å². The number of amides is 1.